The summed E-state index contributed by atoms with van der Waals surface area (Å²) < 4.78 is 0. The topological polar surface area (TPSA) is 14.1 Å². The van der Waals surface area contributed by atoms with Crippen molar-refractivity contribution in [1.82, 2.24) is 0 Å². The van der Waals surface area contributed by atoms with Crippen molar-refractivity contribution in [2.24, 2.45) is 0 Å². The Morgan fingerprint density at radius 1 is 1.30 bits per heavy atom. The van der Waals surface area contributed by atoms with Gasteiger partial charge in [0.05, 0.1) is 0 Å². The molecule has 1 rings (SSSR count). The molecule has 0 aliphatic rings. The van der Waals surface area contributed by atoms with Crippen molar-refractivity contribution < 1.29 is 0 Å². The fraction of sp³-hybridized carbons (Fsp3) is 0.250. The van der Waals surface area contributed by atoms with E-state index in [1.165, 1.54) is 5.56 Å². The number of hydrogen-bond donors (Lipinski definition) is 0. The van der Waals surface area contributed by atoms with Gasteiger partial charge in [-0.2, -0.15) is 7.05 Å². The molecule has 1 nitrogen and oxygen atoms in total. The van der Waals surface area contributed by atoms with Gasteiger partial charge in [0.15, 0.2) is 0 Å². The Labute approximate surface area is 66.0 Å². The van der Waals surface area contributed by atoms with Gasteiger partial charge in [-0.05, 0) is 12.1 Å². The Balaban J connectivity index is 2.69. The molecule has 0 radical (unpaired) electrons. The Kier molecular flexibility index (Phi) is 2.72. The third kappa shape index (κ3) is 2.01. The Morgan fingerprint density at radius 3 is 2.40 bits per heavy atom. The summed E-state index contributed by atoms with van der Waals surface area (Å²) >= 11 is 5.68. The van der Waals surface area contributed by atoms with E-state index in [0.717, 1.165) is 11.6 Å². The fourth-order valence-electron chi connectivity index (χ4n) is 0.772. The lowest BCUT2D eigenvalue weighted by molar-refractivity contribution is 1.19. The number of nitrogens with zero attached hydrogens (tertiary/aromatic N) is 1. The molecule has 0 saturated carbocycles. The zero-order valence-corrected chi connectivity index (χ0v) is 6.60. The molecule has 0 N–H and O–H groups in total. The van der Waals surface area contributed by atoms with E-state index in [1.54, 1.807) is 7.05 Å². The fourth-order valence-corrected chi connectivity index (χ4v) is 0.898. The van der Waals surface area contributed by atoms with Crippen LogP contribution in [-0.2, 0) is 6.54 Å². The lowest BCUT2D eigenvalue weighted by Gasteiger charge is -2.09. The van der Waals surface area contributed by atoms with Crippen molar-refractivity contribution in [2.75, 3.05) is 7.05 Å². The molecule has 10 heavy (non-hydrogen) atoms. The predicted octanol–water partition coefficient (Wildman–Crippen LogP) is 2.84. The van der Waals surface area contributed by atoms with E-state index in [1.807, 2.05) is 24.3 Å². The first kappa shape index (κ1) is 7.58. The summed E-state index contributed by atoms with van der Waals surface area (Å²) in [5.41, 5.74) is 1.20. The molecule has 0 aromatic heterocycles. The van der Waals surface area contributed by atoms with Gasteiger partial charge in [0, 0.05) is 5.02 Å². The lowest BCUT2D eigenvalue weighted by Crippen LogP contribution is -1.79. The molecular weight excluding hydrogens is 146 g/mol. The van der Waals surface area contributed by atoms with E-state index in [9.17, 15) is 0 Å². The highest BCUT2D eigenvalue weighted by Gasteiger charge is 1.84. The molecule has 0 fully saturated rings. The van der Waals surface area contributed by atoms with Crippen molar-refractivity contribution >= 4 is 11.6 Å². The minimum absolute atomic E-state index is 0.775. The Hall–Kier alpha value is -0.530. The molecule has 1 aromatic rings. The quantitative estimate of drug-likeness (QED) is 0.622. The molecule has 0 spiro atoms. The molecule has 1 aromatic carbocycles. The number of rotatable bonds is 2. The van der Waals surface area contributed by atoms with Gasteiger partial charge in [-0.25, -0.2) is 0 Å². The summed E-state index contributed by atoms with van der Waals surface area (Å²) in [6, 6.07) is 7.72. The van der Waals surface area contributed by atoms with Gasteiger partial charge in [-0.1, -0.05) is 29.3 Å². The van der Waals surface area contributed by atoms with Crippen LogP contribution < -0.4 is 0 Å². The van der Waals surface area contributed by atoms with Crippen LogP contribution in [-0.4, -0.2) is 7.05 Å². The van der Waals surface area contributed by atoms with Crippen LogP contribution in [0.15, 0.2) is 24.3 Å². The summed E-state index contributed by atoms with van der Waals surface area (Å²) in [5.74, 6) is 0. The maximum Gasteiger partial charge on any atom is 0.0406 e. The predicted molar refractivity (Wildman–Crippen MR) is 44.4 cm³/mol. The van der Waals surface area contributed by atoms with E-state index in [2.05, 4.69) is 5.32 Å². The Bertz CT molecular complexity index is 193. The Morgan fingerprint density at radius 2 is 1.90 bits per heavy atom. The van der Waals surface area contributed by atoms with Crippen molar-refractivity contribution in [2.45, 2.75) is 6.54 Å². The first-order valence-corrected chi connectivity index (χ1v) is 3.51. The molecule has 0 saturated heterocycles. The molecular formula is C8H9ClN-. The molecule has 0 atom stereocenters. The maximum absolute atomic E-state index is 5.68. The van der Waals surface area contributed by atoms with E-state index in [0.29, 0.717) is 0 Å². The van der Waals surface area contributed by atoms with Crippen molar-refractivity contribution in [1.29, 1.82) is 0 Å². The smallest absolute Gasteiger partial charge is 0.0406 e. The molecule has 0 aliphatic carbocycles. The van der Waals surface area contributed by atoms with Gasteiger partial charge in [-0.15, -0.1) is 6.54 Å². The molecule has 0 unspecified atom stereocenters. The van der Waals surface area contributed by atoms with Crippen molar-refractivity contribution in [3.8, 4) is 0 Å². The first-order valence-electron chi connectivity index (χ1n) is 3.13. The molecule has 0 amide bonds. The van der Waals surface area contributed by atoms with Gasteiger partial charge in [0.2, 0.25) is 0 Å². The van der Waals surface area contributed by atoms with Crippen LogP contribution in [0.1, 0.15) is 5.56 Å². The highest BCUT2D eigenvalue weighted by atomic mass is 35.5. The maximum atomic E-state index is 5.68. The van der Waals surface area contributed by atoms with Crippen LogP contribution in [0.25, 0.3) is 5.32 Å². The molecule has 2 heteroatoms. The molecule has 54 valence electrons. The molecule has 0 aliphatic heterocycles. The van der Waals surface area contributed by atoms with Crippen LogP contribution in [0, 0.1) is 0 Å². The van der Waals surface area contributed by atoms with Gasteiger partial charge < -0.3 is 5.32 Å². The van der Waals surface area contributed by atoms with Gasteiger partial charge in [0.25, 0.3) is 0 Å². The average molecular weight is 155 g/mol. The number of benzene rings is 1. The zero-order valence-electron chi connectivity index (χ0n) is 5.84. The van der Waals surface area contributed by atoms with Gasteiger partial charge in [-0.3, -0.25) is 0 Å². The lowest BCUT2D eigenvalue weighted by atomic mass is 10.2. The van der Waals surface area contributed by atoms with E-state index in [4.69, 9.17) is 11.6 Å². The average Bonchev–Trinajstić information content (AvgIpc) is 1.95. The first-order chi connectivity index (χ1) is 4.83. The van der Waals surface area contributed by atoms with Crippen LogP contribution in [0.3, 0.4) is 0 Å². The summed E-state index contributed by atoms with van der Waals surface area (Å²) in [4.78, 5) is 0. The number of halogens is 1. The van der Waals surface area contributed by atoms with Crippen LogP contribution >= 0.6 is 11.6 Å². The highest BCUT2D eigenvalue weighted by molar-refractivity contribution is 6.30. The molecule has 0 heterocycles. The van der Waals surface area contributed by atoms with Crippen molar-refractivity contribution in [3.05, 3.63) is 40.2 Å². The summed E-state index contributed by atoms with van der Waals surface area (Å²) in [6.07, 6.45) is 0. The second-order valence-electron chi connectivity index (χ2n) is 2.10. The monoisotopic (exact) mass is 154 g/mol. The largest absolute Gasteiger partial charge is 0.661 e. The summed E-state index contributed by atoms with van der Waals surface area (Å²) in [6.45, 7) is 0.775. The zero-order chi connectivity index (χ0) is 7.40. The van der Waals surface area contributed by atoms with Crippen LogP contribution in [0.5, 0.6) is 0 Å². The van der Waals surface area contributed by atoms with Crippen molar-refractivity contribution in [3.63, 3.8) is 0 Å². The van der Waals surface area contributed by atoms with Gasteiger partial charge in [0.1, 0.15) is 0 Å². The van der Waals surface area contributed by atoms with Crippen LogP contribution in [0.4, 0.5) is 0 Å². The summed E-state index contributed by atoms with van der Waals surface area (Å²) in [7, 11) is 1.80. The third-order valence-electron chi connectivity index (χ3n) is 1.25. The number of hydrogen-bond acceptors (Lipinski definition) is 0. The van der Waals surface area contributed by atoms with Crippen LogP contribution in [0.2, 0.25) is 5.02 Å². The van der Waals surface area contributed by atoms with Gasteiger partial charge >= 0.3 is 0 Å². The SMILES string of the molecule is C[N-]Cc1ccc(Cl)cc1. The minimum Gasteiger partial charge on any atom is -0.661 e. The van der Waals surface area contributed by atoms with E-state index < -0.39 is 0 Å². The van der Waals surface area contributed by atoms with E-state index >= 15 is 0 Å². The second kappa shape index (κ2) is 3.59. The normalized spacial score (nSPS) is 9.80. The third-order valence-corrected chi connectivity index (χ3v) is 1.51. The molecule has 0 bridgehead atoms. The van der Waals surface area contributed by atoms with E-state index in [-0.39, 0.29) is 0 Å². The minimum atomic E-state index is 0.775. The highest BCUT2D eigenvalue weighted by Crippen LogP contribution is 2.10. The standard InChI is InChI=1S/C8H9ClN/c1-10-6-7-2-4-8(9)5-3-7/h2-5H,6H2,1H3/q-1. The summed E-state index contributed by atoms with van der Waals surface area (Å²) in [5, 5.41) is 4.77. The second-order valence-corrected chi connectivity index (χ2v) is 2.54.